The second-order valence-electron chi connectivity index (χ2n) is 12.4. The van der Waals surface area contributed by atoms with Gasteiger partial charge in [-0.05, 0) is 111 Å². The Kier molecular flexibility index (Phi) is 6.45. The topological polar surface area (TPSA) is 57.5 Å². The van der Waals surface area contributed by atoms with Gasteiger partial charge in [0, 0.05) is 18.9 Å². The van der Waals surface area contributed by atoms with Crippen LogP contribution in [-0.4, -0.2) is 28.7 Å². The van der Waals surface area contributed by atoms with E-state index < -0.39 is 0 Å². The number of rotatable bonds is 6. The largest absolute Gasteiger partial charge is 0.396 e. The molecule has 4 rings (SSSR count). The molecular formula is C27H46O3. The van der Waals surface area contributed by atoms with Crippen LogP contribution in [-0.2, 0) is 4.79 Å². The van der Waals surface area contributed by atoms with E-state index in [4.69, 9.17) is 0 Å². The highest BCUT2D eigenvalue weighted by Gasteiger charge is 2.60. The van der Waals surface area contributed by atoms with Gasteiger partial charge in [0.15, 0.2) is 0 Å². The number of fused-ring (bicyclic) bond motifs is 5. The van der Waals surface area contributed by atoms with Gasteiger partial charge in [0.25, 0.3) is 0 Å². The molecule has 0 amide bonds. The number of aliphatic hydroxyl groups is 2. The van der Waals surface area contributed by atoms with Gasteiger partial charge in [0.2, 0.25) is 0 Å². The number of carbonyl (C=O) groups excluding carboxylic acids is 1. The predicted molar refractivity (Wildman–Crippen MR) is 121 cm³/mol. The van der Waals surface area contributed by atoms with Gasteiger partial charge in [-0.3, -0.25) is 4.79 Å². The summed E-state index contributed by atoms with van der Waals surface area (Å²) in [5, 5.41) is 19.5. The van der Waals surface area contributed by atoms with Crippen molar-refractivity contribution in [3.05, 3.63) is 0 Å². The van der Waals surface area contributed by atoms with Gasteiger partial charge in [-0.2, -0.15) is 0 Å². The van der Waals surface area contributed by atoms with Gasteiger partial charge in [-0.15, -0.1) is 0 Å². The molecule has 0 aromatic carbocycles. The SMILES string of the molecule is CC(CO)CCC(=O)[C@H](C)[C@H]1CCC2[C@@H]3CCC4C[C@@H](O)CC[C@]4(C)[C@H]3CC[C@@]21C. The molecule has 4 fully saturated rings. The summed E-state index contributed by atoms with van der Waals surface area (Å²) < 4.78 is 0. The number of Topliss-reactive ketones (excluding diaryl/α,β-unsaturated/α-hetero) is 1. The van der Waals surface area contributed by atoms with E-state index in [0.29, 0.717) is 29.0 Å². The van der Waals surface area contributed by atoms with Crippen LogP contribution >= 0.6 is 0 Å². The normalized spacial score (nSPS) is 47.7. The molecular weight excluding hydrogens is 372 g/mol. The fraction of sp³-hybridized carbons (Fsp3) is 0.963. The zero-order valence-corrected chi connectivity index (χ0v) is 19.9. The summed E-state index contributed by atoms with van der Waals surface area (Å²) in [6, 6.07) is 0. The molecule has 0 aliphatic heterocycles. The van der Waals surface area contributed by atoms with Gasteiger partial charge in [-0.25, -0.2) is 0 Å². The molecule has 2 N–H and O–H groups in total. The first kappa shape index (κ1) is 22.8. The maximum Gasteiger partial charge on any atom is 0.136 e. The molecule has 3 unspecified atom stereocenters. The molecule has 3 heteroatoms. The summed E-state index contributed by atoms with van der Waals surface area (Å²) in [6.45, 7) is 9.52. The van der Waals surface area contributed by atoms with Crippen LogP contribution in [0.5, 0.6) is 0 Å². The van der Waals surface area contributed by atoms with E-state index >= 15 is 0 Å². The molecule has 0 bridgehead atoms. The first-order valence-corrected chi connectivity index (χ1v) is 13.0. The van der Waals surface area contributed by atoms with Crippen molar-refractivity contribution < 1.29 is 15.0 Å². The molecule has 0 heterocycles. The molecule has 4 saturated carbocycles. The van der Waals surface area contributed by atoms with Gasteiger partial charge >= 0.3 is 0 Å². The smallest absolute Gasteiger partial charge is 0.136 e. The zero-order chi connectivity index (χ0) is 21.7. The lowest BCUT2D eigenvalue weighted by Crippen LogP contribution is -2.54. The maximum atomic E-state index is 13.0. The molecule has 30 heavy (non-hydrogen) atoms. The zero-order valence-electron chi connectivity index (χ0n) is 19.9. The van der Waals surface area contributed by atoms with Crippen molar-refractivity contribution in [2.24, 2.45) is 52.3 Å². The second kappa shape index (κ2) is 8.50. The summed E-state index contributed by atoms with van der Waals surface area (Å²) in [4.78, 5) is 13.0. The first-order valence-electron chi connectivity index (χ1n) is 13.0. The van der Waals surface area contributed by atoms with Crippen LogP contribution in [0.15, 0.2) is 0 Å². The molecule has 0 radical (unpaired) electrons. The Bertz CT molecular complexity index is 632. The number of ketones is 1. The highest BCUT2D eigenvalue weighted by molar-refractivity contribution is 5.81. The van der Waals surface area contributed by atoms with Crippen molar-refractivity contribution in [2.45, 2.75) is 104 Å². The second-order valence-corrected chi connectivity index (χ2v) is 12.4. The highest BCUT2D eigenvalue weighted by atomic mass is 16.3. The lowest BCUT2D eigenvalue weighted by Gasteiger charge is -2.61. The van der Waals surface area contributed by atoms with Gasteiger partial charge in [0.05, 0.1) is 6.10 Å². The van der Waals surface area contributed by atoms with Gasteiger partial charge < -0.3 is 10.2 Å². The third kappa shape index (κ3) is 3.70. The molecule has 172 valence electrons. The standard InChI is InChI=1S/C27H46O3/c1-17(16-28)5-10-25(30)18(2)22-8-9-23-21-7-6-19-15-20(29)11-13-26(19,3)24(21)12-14-27(22,23)4/h17-24,28-29H,5-16H2,1-4H3/t17?,18-,19?,20+,21+,22-,23?,24+,26+,27-/m1/s1. The monoisotopic (exact) mass is 418 g/mol. The molecule has 0 aromatic rings. The summed E-state index contributed by atoms with van der Waals surface area (Å²) >= 11 is 0. The number of hydrogen-bond acceptors (Lipinski definition) is 3. The molecule has 0 spiro atoms. The van der Waals surface area contributed by atoms with Crippen LogP contribution in [0, 0.1) is 52.3 Å². The number of hydrogen-bond donors (Lipinski definition) is 2. The van der Waals surface area contributed by atoms with Crippen molar-refractivity contribution in [1.29, 1.82) is 0 Å². The minimum Gasteiger partial charge on any atom is -0.396 e. The molecule has 3 nitrogen and oxygen atoms in total. The Balaban J connectivity index is 1.47. The van der Waals surface area contributed by atoms with E-state index in [-0.39, 0.29) is 24.5 Å². The minimum absolute atomic E-state index is 0.0650. The van der Waals surface area contributed by atoms with Crippen LogP contribution in [0.25, 0.3) is 0 Å². The van der Waals surface area contributed by atoms with Crippen LogP contribution < -0.4 is 0 Å². The molecule has 4 aliphatic carbocycles. The summed E-state index contributed by atoms with van der Waals surface area (Å²) in [5.74, 6) is 4.54. The van der Waals surface area contributed by atoms with E-state index in [1.807, 2.05) is 6.92 Å². The van der Waals surface area contributed by atoms with Crippen LogP contribution in [0.2, 0.25) is 0 Å². The summed E-state index contributed by atoms with van der Waals surface area (Å²) in [7, 11) is 0. The van der Waals surface area contributed by atoms with Crippen molar-refractivity contribution in [2.75, 3.05) is 6.61 Å². The average Bonchev–Trinajstić information content (AvgIpc) is 3.08. The van der Waals surface area contributed by atoms with Crippen molar-refractivity contribution in [1.82, 2.24) is 0 Å². The van der Waals surface area contributed by atoms with Crippen molar-refractivity contribution >= 4 is 5.78 Å². The average molecular weight is 419 g/mol. The van der Waals surface area contributed by atoms with Gasteiger partial charge in [0.1, 0.15) is 5.78 Å². The summed E-state index contributed by atoms with van der Waals surface area (Å²) in [5.41, 5.74) is 0.764. The minimum atomic E-state index is -0.0650. The Labute approximate surface area is 184 Å². The van der Waals surface area contributed by atoms with Crippen LogP contribution in [0.1, 0.15) is 98.3 Å². The quantitative estimate of drug-likeness (QED) is 0.588. The molecule has 0 saturated heterocycles. The lowest BCUT2D eigenvalue weighted by atomic mass is 9.44. The maximum absolute atomic E-state index is 13.0. The van der Waals surface area contributed by atoms with Crippen molar-refractivity contribution in [3.8, 4) is 0 Å². The first-order chi connectivity index (χ1) is 14.2. The Hall–Kier alpha value is -0.410. The Morgan fingerprint density at radius 3 is 2.40 bits per heavy atom. The lowest BCUT2D eigenvalue weighted by molar-refractivity contribution is -0.136. The number of aliphatic hydroxyl groups excluding tert-OH is 2. The van der Waals surface area contributed by atoms with E-state index in [9.17, 15) is 15.0 Å². The van der Waals surface area contributed by atoms with E-state index in [1.165, 1.54) is 44.9 Å². The van der Waals surface area contributed by atoms with Gasteiger partial charge in [-0.1, -0.05) is 27.7 Å². The highest BCUT2D eigenvalue weighted by Crippen LogP contribution is 2.68. The fourth-order valence-corrected chi connectivity index (χ4v) is 9.03. The summed E-state index contributed by atoms with van der Waals surface area (Å²) in [6.07, 6.45) is 12.5. The fourth-order valence-electron chi connectivity index (χ4n) is 9.03. The van der Waals surface area contributed by atoms with Crippen molar-refractivity contribution in [3.63, 3.8) is 0 Å². The number of carbonyl (C=O) groups is 1. The predicted octanol–water partition coefficient (Wildman–Crippen LogP) is 5.62. The third-order valence-electron chi connectivity index (χ3n) is 11.0. The Morgan fingerprint density at radius 2 is 1.67 bits per heavy atom. The third-order valence-corrected chi connectivity index (χ3v) is 11.0. The van der Waals surface area contributed by atoms with E-state index in [2.05, 4.69) is 20.8 Å². The van der Waals surface area contributed by atoms with E-state index in [0.717, 1.165) is 42.9 Å². The molecule has 10 atom stereocenters. The van der Waals surface area contributed by atoms with Crippen LogP contribution in [0.3, 0.4) is 0 Å². The molecule has 0 aromatic heterocycles. The Morgan fingerprint density at radius 1 is 0.967 bits per heavy atom. The van der Waals surface area contributed by atoms with E-state index in [1.54, 1.807) is 0 Å². The van der Waals surface area contributed by atoms with Crippen LogP contribution in [0.4, 0.5) is 0 Å². The molecule has 4 aliphatic rings.